The summed E-state index contributed by atoms with van der Waals surface area (Å²) in [5, 5.41) is 3.54. The molecule has 76 valence electrons. The number of nitrogens with zero attached hydrogens (tertiary/aromatic N) is 1. The largest absolute Gasteiger partial charge is 0.360 e. The van der Waals surface area contributed by atoms with E-state index in [4.69, 9.17) is 4.74 Å². The van der Waals surface area contributed by atoms with Gasteiger partial charge in [0.15, 0.2) is 0 Å². The molecule has 2 unspecified atom stereocenters. The normalized spacial score (nSPS) is 39.9. The number of hydrogen-bond acceptors (Lipinski definition) is 3. The molecule has 0 saturated carbocycles. The zero-order valence-electron chi connectivity index (χ0n) is 8.84. The molecule has 0 amide bonds. The van der Waals surface area contributed by atoms with Crippen LogP contribution in [0.15, 0.2) is 0 Å². The van der Waals surface area contributed by atoms with Crippen molar-refractivity contribution in [1.29, 1.82) is 0 Å². The van der Waals surface area contributed by atoms with Gasteiger partial charge in [-0.1, -0.05) is 0 Å². The summed E-state index contributed by atoms with van der Waals surface area (Å²) in [5.41, 5.74) is 0.161. The van der Waals surface area contributed by atoms with Gasteiger partial charge in [-0.15, -0.1) is 0 Å². The molecule has 1 N–H and O–H groups in total. The molecule has 3 heteroatoms. The molecule has 0 aliphatic carbocycles. The molecule has 2 fully saturated rings. The maximum Gasteiger partial charge on any atom is 0.124 e. The van der Waals surface area contributed by atoms with Gasteiger partial charge >= 0.3 is 0 Å². The molecule has 2 heterocycles. The molecule has 0 radical (unpaired) electrons. The highest BCUT2D eigenvalue weighted by atomic mass is 16.5. The fourth-order valence-corrected chi connectivity index (χ4v) is 2.29. The summed E-state index contributed by atoms with van der Waals surface area (Å²) in [6.07, 6.45) is 2.83. The van der Waals surface area contributed by atoms with Crippen LogP contribution in [-0.4, -0.2) is 42.9 Å². The first kappa shape index (κ1) is 9.44. The van der Waals surface area contributed by atoms with E-state index in [1.807, 2.05) is 0 Å². The number of likely N-dealkylation sites (tertiary alicyclic amines) is 1. The summed E-state index contributed by atoms with van der Waals surface area (Å²) < 4.78 is 5.77. The van der Waals surface area contributed by atoms with E-state index in [2.05, 4.69) is 31.1 Å². The molecule has 2 aliphatic rings. The highest BCUT2D eigenvalue weighted by Crippen LogP contribution is 2.24. The van der Waals surface area contributed by atoms with Gasteiger partial charge in [-0.3, -0.25) is 10.2 Å². The second-order valence-corrected chi connectivity index (χ2v) is 4.95. The molecule has 0 bridgehead atoms. The molecular formula is C10H20N2O. The van der Waals surface area contributed by atoms with Crippen LogP contribution >= 0.6 is 0 Å². The number of likely N-dealkylation sites (N-methyl/N-ethyl adjacent to an activating group) is 1. The summed E-state index contributed by atoms with van der Waals surface area (Å²) in [4.78, 5) is 2.40. The van der Waals surface area contributed by atoms with Gasteiger partial charge in [0.2, 0.25) is 0 Å². The summed E-state index contributed by atoms with van der Waals surface area (Å²) in [5.74, 6) is 0. The Bertz CT molecular complexity index is 193. The first-order valence-electron chi connectivity index (χ1n) is 5.18. The molecule has 13 heavy (non-hydrogen) atoms. The van der Waals surface area contributed by atoms with Crippen molar-refractivity contribution in [3.8, 4) is 0 Å². The third kappa shape index (κ3) is 1.87. The molecule has 0 aromatic heterocycles. The third-order valence-electron chi connectivity index (χ3n) is 3.08. The SMILES string of the molecule is CN1CCCC1C1NC(C)(C)CO1. The Morgan fingerprint density at radius 2 is 2.23 bits per heavy atom. The first-order chi connectivity index (χ1) is 6.08. The number of rotatable bonds is 1. The lowest BCUT2D eigenvalue weighted by Gasteiger charge is -2.26. The van der Waals surface area contributed by atoms with Gasteiger partial charge in [-0.05, 0) is 40.3 Å². The molecule has 2 atom stereocenters. The molecule has 0 aromatic carbocycles. The van der Waals surface area contributed by atoms with Crippen LogP contribution in [0.1, 0.15) is 26.7 Å². The summed E-state index contributed by atoms with van der Waals surface area (Å²) >= 11 is 0. The second-order valence-electron chi connectivity index (χ2n) is 4.95. The monoisotopic (exact) mass is 184 g/mol. The zero-order chi connectivity index (χ0) is 9.47. The van der Waals surface area contributed by atoms with Crippen molar-refractivity contribution >= 4 is 0 Å². The Hall–Kier alpha value is -0.120. The van der Waals surface area contributed by atoms with E-state index in [1.54, 1.807) is 0 Å². The number of nitrogens with one attached hydrogen (secondary N) is 1. The highest BCUT2D eigenvalue weighted by molar-refractivity contribution is 4.92. The molecule has 0 spiro atoms. The molecular weight excluding hydrogens is 164 g/mol. The van der Waals surface area contributed by atoms with Crippen molar-refractivity contribution in [2.75, 3.05) is 20.2 Å². The van der Waals surface area contributed by atoms with Gasteiger partial charge in [0.1, 0.15) is 6.23 Å². The van der Waals surface area contributed by atoms with E-state index < -0.39 is 0 Å². The predicted octanol–water partition coefficient (Wildman–Crippen LogP) is 0.805. The van der Waals surface area contributed by atoms with E-state index in [9.17, 15) is 0 Å². The number of hydrogen-bond donors (Lipinski definition) is 1. The van der Waals surface area contributed by atoms with Gasteiger partial charge in [-0.2, -0.15) is 0 Å². The van der Waals surface area contributed by atoms with Crippen LogP contribution in [0.25, 0.3) is 0 Å². The van der Waals surface area contributed by atoms with Gasteiger partial charge in [-0.25, -0.2) is 0 Å². The standard InChI is InChI=1S/C10H20N2O/c1-10(2)7-13-9(11-10)8-5-4-6-12(8)3/h8-9,11H,4-7H2,1-3H3. The van der Waals surface area contributed by atoms with Crippen LogP contribution in [0.3, 0.4) is 0 Å². The van der Waals surface area contributed by atoms with Crippen LogP contribution < -0.4 is 5.32 Å². The molecule has 3 nitrogen and oxygen atoms in total. The molecule has 0 aromatic rings. The van der Waals surface area contributed by atoms with Gasteiger partial charge < -0.3 is 4.74 Å². The van der Waals surface area contributed by atoms with Crippen molar-refractivity contribution in [3.05, 3.63) is 0 Å². The van der Waals surface area contributed by atoms with Crippen molar-refractivity contribution in [3.63, 3.8) is 0 Å². The predicted molar refractivity (Wildman–Crippen MR) is 52.6 cm³/mol. The molecule has 2 rings (SSSR count). The molecule has 2 aliphatic heterocycles. The Balaban J connectivity index is 1.95. The maximum absolute atomic E-state index is 5.77. The fraction of sp³-hybridized carbons (Fsp3) is 1.00. The third-order valence-corrected chi connectivity index (χ3v) is 3.08. The van der Waals surface area contributed by atoms with Crippen molar-refractivity contribution in [1.82, 2.24) is 10.2 Å². The van der Waals surface area contributed by atoms with E-state index >= 15 is 0 Å². The molecule has 2 saturated heterocycles. The lowest BCUT2D eigenvalue weighted by molar-refractivity contribution is 0.0392. The van der Waals surface area contributed by atoms with E-state index in [-0.39, 0.29) is 11.8 Å². The van der Waals surface area contributed by atoms with E-state index in [0.717, 1.165) is 6.61 Å². The minimum Gasteiger partial charge on any atom is -0.360 e. The van der Waals surface area contributed by atoms with Crippen molar-refractivity contribution < 1.29 is 4.74 Å². The van der Waals surface area contributed by atoms with Crippen molar-refractivity contribution in [2.24, 2.45) is 0 Å². The minimum atomic E-state index is 0.161. The highest BCUT2D eigenvalue weighted by Gasteiger charge is 2.38. The van der Waals surface area contributed by atoms with Crippen LogP contribution in [0.2, 0.25) is 0 Å². The Labute approximate surface area is 80.4 Å². The quantitative estimate of drug-likeness (QED) is 0.652. The van der Waals surface area contributed by atoms with E-state index in [1.165, 1.54) is 19.4 Å². The van der Waals surface area contributed by atoms with Gasteiger partial charge in [0.05, 0.1) is 6.61 Å². The van der Waals surface area contributed by atoms with Crippen molar-refractivity contribution in [2.45, 2.75) is 44.5 Å². The minimum absolute atomic E-state index is 0.161. The average molecular weight is 184 g/mol. The Morgan fingerprint density at radius 1 is 1.46 bits per heavy atom. The van der Waals surface area contributed by atoms with Crippen LogP contribution in [0.4, 0.5) is 0 Å². The van der Waals surface area contributed by atoms with Gasteiger partial charge in [0.25, 0.3) is 0 Å². The topological polar surface area (TPSA) is 24.5 Å². The lowest BCUT2D eigenvalue weighted by atomic mass is 10.1. The first-order valence-corrected chi connectivity index (χ1v) is 5.18. The van der Waals surface area contributed by atoms with Crippen LogP contribution in [0, 0.1) is 0 Å². The van der Waals surface area contributed by atoms with Gasteiger partial charge in [0, 0.05) is 11.6 Å². The smallest absolute Gasteiger partial charge is 0.124 e. The fourth-order valence-electron chi connectivity index (χ4n) is 2.29. The maximum atomic E-state index is 5.77. The average Bonchev–Trinajstić information content (AvgIpc) is 2.56. The zero-order valence-corrected chi connectivity index (χ0v) is 8.84. The lowest BCUT2D eigenvalue weighted by Crippen LogP contribution is -2.47. The van der Waals surface area contributed by atoms with E-state index in [0.29, 0.717) is 6.04 Å². The summed E-state index contributed by atoms with van der Waals surface area (Å²) in [6, 6.07) is 0.585. The summed E-state index contributed by atoms with van der Waals surface area (Å²) in [6.45, 7) is 6.44. The Kier molecular flexibility index (Phi) is 2.34. The Morgan fingerprint density at radius 3 is 2.69 bits per heavy atom. The second kappa shape index (κ2) is 3.23. The number of ether oxygens (including phenoxy) is 1. The van der Waals surface area contributed by atoms with Crippen LogP contribution in [0.5, 0.6) is 0 Å². The van der Waals surface area contributed by atoms with Crippen LogP contribution in [-0.2, 0) is 4.74 Å². The summed E-state index contributed by atoms with van der Waals surface area (Å²) in [7, 11) is 2.19.